The van der Waals surface area contributed by atoms with Crippen molar-refractivity contribution in [3.8, 4) is 0 Å². The fourth-order valence-electron chi connectivity index (χ4n) is 1.91. The number of rotatable bonds is 5. The van der Waals surface area contributed by atoms with Crippen molar-refractivity contribution < 1.29 is 14.5 Å². The van der Waals surface area contributed by atoms with E-state index in [0.29, 0.717) is 23.7 Å². The summed E-state index contributed by atoms with van der Waals surface area (Å²) < 4.78 is 5.29. The summed E-state index contributed by atoms with van der Waals surface area (Å²) in [6.07, 6.45) is 2.19. The van der Waals surface area contributed by atoms with Crippen molar-refractivity contribution in [3.05, 3.63) is 39.4 Å². The minimum absolute atomic E-state index is 0.0236. The highest BCUT2D eigenvalue weighted by Crippen LogP contribution is 2.24. The lowest BCUT2D eigenvalue weighted by atomic mass is 10.1. The molecule has 114 valence electrons. The fraction of sp³-hybridized carbons (Fsp3) is 0.533. The molecule has 0 aromatic heterocycles. The first-order chi connectivity index (χ1) is 9.76. The van der Waals surface area contributed by atoms with Gasteiger partial charge >= 0.3 is 5.97 Å². The Morgan fingerprint density at radius 2 is 2.10 bits per heavy atom. The standard InChI is InChI=1S/C15H20N2O4/c1-15(2,3)21-14(18)10-4-7-13(17(19)20)11(8-10)9-16-12-5-6-12/h4,7-8,12,16H,5-6,9H2,1-3H3. The van der Waals surface area contributed by atoms with E-state index in [-0.39, 0.29) is 5.69 Å². The van der Waals surface area contributed by atoms with Gasteiger partial charge in [0.1, 0.15) is 5.60 Å². The van der Waals surface area contributed by atoms with Gasteiger partial charge in [0.2, 0.25) is 0 Å². The van der Waals surface area contributed by atoms with Gasteiger partial charge in [0.15, 0.2) is 0 Å². The van der Waals surface area contributed by atoms with Crippen LogP contribution < -0.4 is 5.32 Å². The third kappa shape index (κ3) is 4.53. The van der Waals surface area contributed by atoms with Crippen LogP contribution in [0.25, 0.3) is 0 Å². The highest BCUT2D eigenvalue weighted by molar-refractivity contribution is 5.90. The van der Waals surface area contributed by atoms with Gasteiger partial charge in [-0.25, -0.2) is 4.79 Å². The highest BCUT2D eigenvalue weighted by Gasteiger charge is 2.24. The van der Waals surface area contributed by atoms with Crippen molar-refractivity contribution in [3.63, 3.8) is 0 Å². The summed E-state index contributed by atoms with van der Waals surface area (Å²) in [7, 11) is 0. The molecule has 1 N–H and O–H groups in total. The van der Waals surface area contributed by atoms with Crippen LogP contribution in [0.5, 0.6) is 0 Å². The van der Waals surface area contributed by atoms with Crippen LogP contribution in [0.1, 0.15) is 49.5 Å². The molecule has 0 amide bonds. The largest absolute Gasteiger partial charge is 0.456 e. The summed E-state index contributed by atoms with van der Waals surface area (Å²) in [5.74, 6) is -0.468. The second kappa shape index (κ2) is 5.81. The smallest absolute Gasteiger partial charge is 0.338 e. The van der Waals surface area contributed by atoms with E-state index in [1.807, 2.05) is 0 Å². The molecule has 21 heavy (non-hydrogen) atoms. The van der Waals surface area contributed by atoms with E-state index in [9.17, 15) is 14.9 Å². The molecule has 0 aliphatic heterocycles. The fourth-order valence-corrected chi connectivity index (χ4v) is 1.91. The average molecular weight is 292 g/mol. The van der Waals surface area contributed by atoms with Gasteiger partial charge in [-0.3, -0.25) is 10.1 Å². The number of hydrogen-bond donors (Lipinski definition) is 1. The van der Waals surface area contributed by atoms with Crippen LogP contribution in [0.4, 0.5) is 5.69 Å². The van der Waals surface area contributed by atoms with Gasteiger partial charge in [-0.15, -0.1) is 0 Å². The number of ether oxygens (including phenoxy) is 1. The number of nitrogens with one attached hydrogen (secondary N) is 1. The van der Waals surface area contributed by atoms with Gasteiger partial charge < -0.3 is 10.1 Å². The molecule has 2 rings (SSSR count). The summed E-state index contributed by atoms with van der Waals surface area (Å²) in [6, 6.07) is 4.78. The molecule has 0 heterocycles. The normalized spacial score (nSPS) is 14.8. The summed E-state index contributed by atoms with van der Waals surface area (Å²) in [6.45, 7) is 5.74. The minimum atomic E-state index is -0.592. The van der Waals surface area contributed by atoms with Crippen molar-refractivity contribution >= 4 is 11.7 Å². The topological polar surface area (TPSA) is 81.5 Å². The quantitative estimate of drug-likeness (QED) is 0.512. The highest BCUT2D eigenvalue weighted by atomic mass is 16.6. The molecule has 0 bridgehead atoms. The third-order valence-corrected chi connectivity index (χ3v) is 3.07. The van der Waals surface area contributed by atoms with Gasteiger partial charge in [0.25, 0.3) is 5.69 Å². The number of nitrogens with zero attached hydrogens (tertiary/aromatic N) is 1. The Balaban J connectivity index is 2.20. The summed E-state index contributed by atoms with van der Waals surface area (Å²) in [5.41, 5.74) is 0.277. The number of esters is 1. The Kier molecular flexibility index (Phi) is 4.27. The number of carbonyl (C=O) groups excluding carboxylic acids is 1. The first-order valence-corrected chi connectivity index (χ1v) is 7.00. The van der Waals surface area contributed by atoms with E-state index in [1.165, 1.54) is 12.1 Å². The lowest BCUT2D eigenvalue weighted by Gasteiger charge is -2.19. The molecule has 0 atom stereocenters. The number of benzene rings is 1. The Labute approximate surface area is 123 Å². The molecule has 1 fully saturated rings. The van der Waals surface area contributed by atoms with Crippen LogP contribution in [0.3, 0.4) is 0 Å². The van der Waals surface area contributed by atoms with E-state index in [0.717, 1.165) is 12.8 Å². The molecule has 0 unspecified atom stereocenters. The molecule has 6 heteroatoms. The predicted octanol–water partition coefficient (Wildman–Crippen LogP) is 2.80. The molecule has 0 radical (unpaired) electrons. The van der Waals surface area contributed by atoms with E-state index in [2.05, 4.69) is 5.32 Å². The maximum Gasteiger partial charge on any atom is 0.338 e. The molecule has 0 spiro atoms. The summed E-state index contributed by atoms with van der Waals surface area (Å²) in [4.78, 5) is 22.7. The second-order valence-corrected chi connectivity index (χ2v) is 6.26. The van der Waals surface area contributed by atoms with Crippen LogP contribution in [0.2, 0.25) is 0 Å². The summed E-state index contributed by atoms with van der Waals surface area (Å²) in [5, 5.41) is 14.3. The molecule has 0 saturated heterocycles. The van der Waals surface area contributed by atoms with Crippen LogP contribution in [-0.4, -0.2) is 22.5 Å². The lowest BCUT2D eigenvalue weighted by molar-refractivity contribution is -0.385. The first kappa shape index (κ1) is 15.4. The van der Waals surface area contributed by atoms with Crippen molar-refractivity contribution in [2.45, 2.75) is 51.8 Å². The van der Waals surface area contributed by atoms with E-state index in [1.54, 1.807) is 26.8 Å². The summed E-state index contributed by atoms with van der Waals surface area (Å²) >= 11 is 0. The van der Waals surface area contributed by atoms with Crippen molar-refractivity contribution in [1.82, 2.24) is 5.32 Å². The van der Waals surface area contributed by atoms with Gasteiger partial charge in [-0.1, -0.05) is 0 Å². The second-order valence-electron chi connectivity index (χ2n) is 6.26. The van der Waals surface area contributed by atoms with Crippen LogP contribution in [0.15, 0.2) is 18.2 Å². The van der Waals surface area contributed by atoms with Gasteiger partial charge in [0, 0.05) is 24.2 Å². The average Bonchev–Trinajstić information content (AvgIpc) is 3.17. The maximum atomic E-state index is 12.0. The number of carbonyl (C=O) groups is 1. The Bertz CT molecular complexity index is 559. The molecular formula is C15H20N2O4. The van der Waals surface area contributed by atoms with Crippen LogP contribution in [0, 0.1) is 10.1 Å². The van der Waals surface area contributed by atoms with E-state index < -0.39 is 16.5 Å². The van der Waals surface area contributed by atoms with Crippen LogP contribution >= 0.6 is 0 Å². The zero-order chi connectivity index (χ0) is 15.6. The SMILES string of the molecule is CC(C)(C)OC(=O)c1ccc([N+](=O)[O-])c(CNC2CC2)c1. The molecule has 1 aromatic rings. The number of nitro benzene ring substituents is 1. The zero-order valence-electron chi connectivity index (χ0n) is 12.5. The minimum Gasteiger partial charge on any atom is -0.456 e. The van der Waals surface area contributed by atoms with Crippen molar-refractivity contribution in [2.24, 2.45) is 0 Å². The third-order valence-electron chi connectivity index (χ3n) is 3.07. The Hall–Kier alpha value is -1.95. The van der Waals surface area contributed by atoms with Gasteiger partial charge in [-0.05, 0) is 45.7 Å². The zero-order valence-corrected chi connectivity index (χ0v) is 12.5. The molecule has 1 aromatic carbocycles. The lowest BCUT2D eigenvalue weighted by Crippen LogP contribution is -2.24. The number of hydrogen-bond acceptors (Lipinski definition) is 5. The molecular weight excluding hydrogens is 272 g/mol. The molecule has 1 saturated carbocycles. The van der Waals surface area contributed by atoms with Crippen molar-refractivity contribution in [2.75, 3.05) is 0 Å². The van der Waals surface area contributed by atoms with E-state index in [4.69, 9.17) is 4.74 Å². The Morgan fingerprint density at radius 1 is 1.43 bits per heavy atom. The Morgan fingerprint density at radius 3 is 2.62 bits per heavy atom. The number of nitro groups is 1. The van der Waals surface area contributed by atoms with Gasteiger partial charge in [0.05, 0.1) is 10.5 Å². The van der Waals surface area contributed by atoms with Crippen molar-refractivity contribution in [1.29, 1.82) is 0 Å². The molecule has 1 aliphatic rings. The first-order valence-electron chi connectivity index (χ1n) is 7.00. The monoisotopic (exact) mass is 292 g/mol. The molecule has 1 aliphatic carbocycles. The predicted molar refractivity (Wildman–Crippen MR) is 78.1 cm³/mol. The van der Waals surface area contributed by atoms with Crippen LogP contribution in [-0.2, 0) is 11.3 Å². The van der Waals surface area contributed by atoms with Gasteiger partial charge in [-0.2, -0.15) is 0 Å². The molecule has 6 nitrogen and oxygen atoms in total. The maximum absolute atomic E-state index is 12.0. The van der Waals surface area contributed by atoms with E-state index >= 15 is 0 Å².